The Morgan fingerprint density at radius 3 is 2.43 bits per heavy atom. The van der Waals surface area contributed by atoms with Crippen molar-refractivity contribution >= 4 is 34.2 Å². The van der Waals surface area contributed by atoms with E-state index in [1.807, 2.05) is 26.8 Å². The molecule has 0 bridgehead atoms. The lowest BCUT2D eigenvalue weighted by atomic mass is 10.1. The third-order valence-electron chi connectivity index (χ3n) is 8.10. The van der Waals surface area contributed by atoms with E-state index in [0.29, 0.717) is 62.0 Å². The fraction of sp³-hybridized carbons (Fsp3) is 0.600. The number of aromatic nitrogens is 4. The minimum atomic E-state index is -5.12. The second-order valence-corrected chi connectivity index (χ2v) is 11.7. The van der Waals surface area contributed by atoms with Crippen LogP contribution in [0.4, 0.5) is 30.4 Å². The third-order valence-corrected chi connectivity index (χ3v) is 8.10. The Balaban J connectivity index is 1.43. The van der Waals surface area contributed by atoms with Crippen molar-refractivity contribution in [2.75, 3.05) is 73.8 Å². The van der Waals surface area contributed by atoms with Gasteiger partial charge in [-0.15, -0.1) is 0 Å². The molecule has 0 aliphatic carbocycles. The van der Waals surface area contributed by atoms with Crippen LogP contribution in [-0.2, 0) is 16.1 Å². The number of ether oxygens (including phenoxy) is 1. The molecule has 1 aromatic carbocycles. The van der Waals surface area contributed by atoms with E-state index < -0.39 is 12.1 Å². The van der Waals surface area contributed by atoms with Gasteiger partial charge in [0.05, 0.1) is 24.2 Å². The van der Waals surface area contributed by atoms with Crippen molar-refractivity contribution in [3.8, 4) is 5.75 Å². The minimum Gasteiger partial charge on any atom is -0.493 e. The number of aryl methyl sites for hydroxylation is 1. The molecular formula is C30H41F3N8O3. The molecule has 2 aliphatic heterocycles. The highest BCUT2D eigenvalue weighted by Crippen LogP contribution is 2.37. The smallest absolute Gasteiger partial charge is 0.493 e. The highest BCUT2D eigenvalue weighted by atomic mass is 19.4. The molecule has 0 spiro atoms. The molecule has 240 valence electrons. The first-order valence-corrected chi connectivity index (χ1v) is 15.3. The molecule has 3 aromatic rings. The first-order chi connectivity index (χ1) is 21.0. The van der Waals surface area contributed by atoms with E-state index >= 15 is 0 Å². The fourth-order valence-electron chi connectivity index (χ4n) is 5.75. The third kappa shape index (κ3) is 7.11. The number of aromatic amines is 1. The maximum absolute atomic E-state index is 13.4. The average molecular weight is 619 g/mol. The number of H-pyrrole nitrogens is 1. The van der Waals surface area contributed by atoms with Crippen molar-refractivity contribution in [3.05, 3.63) is 29.7 Å². The topological polar surface area (TPSA) is 103 Å². The quantitative estimate of drug-likeness (QED) is 0.309. The van der Waals surface area contributed by atoms with Crippen LogP contribution in [0.5, 0.6) is 5.75 Å². The Hall–Kier alpha value is -3.81. The highest BCUT2D eigenvalue weighted by molar-refractivity contribution is 5.89. The summed E-state index contributed by atoms with van der Waals surface area (Å²) in [6.07, 6.45) is -0.748. The number of alkyl halides is 3. The van der Waals surface area contributed by atoms with Gasteiger partial charge < -0.3 is 24.3 Å². The monoisotopic (exact) mass is 618 g/mol. The van der Waals surface area contributed by atoms with E-state index in [4.69, 9.17) is 9.57 Å². The van der Waals surface area contributed by atoms with E-state index in [2.05, 4.69) is 41.8 Å². The molecule has 4 heterocycles. The van der Waals surface area contributed by atoms with Gasteiger partial charge in [-0.25, -0.2) is 19.8 Å². The van der Waals surface area contributed by atoms with Crippen LogP contribution in [0, 0.1) is 12.8 Å². The molecule has 1 N–H and O–H groups in total. The van der Waals surface area contributed by atoms with Crippen molar-refractivity contribution in [1.29, 1.82) is 0 Å². The zero-order valence-electron chi connectivity index (χ0n) is 25.8. The molecule has 5 rings (SSSR count). The van der Waals surface area contributed by atoms with Crippen molar-refractivity contribution in [1.82, 2.24) is 25.1 Å². The Bertz CT molecular complexity index is 1430. The van der Waals surface area contributed by atoms with Crippen molar-refractivity contribution in [2.24, 2.45) is 5.92 Å². The van der Waals surface area contributed by atoms with E-state index in [-0.39, 0.29) is 12.5 Å². The molecular weight excluding hydrogens is 577 g/mol. The van der Waals surface area contributed by atoms with Crippen LogP contribution >= 0.6 is 0 Å². The van der Waals surface area contributed by atoms with Crippen LogP contribution in [0.3, 0.4) is 0 Å². The van der Waals surface area contributed by atoms with Gasteiger partial charge in [0.1, 0.15) is 17.9 Å². The molecule has 2 saturated heterocycles. The van der Waals surface area contributed by atoms with E-state index in [9.17, 15) is 18.0 Å². The molecule has 0 amide bonds. The second-order valence-electron chi connectivity index (χ2n) is 11.7. The van der Waals surface area contributed by atoms with E-state index in [1.165, 1.54) is 6.33 Å². The Morgan fingerprint density at radius 2 is 1.77 bits per heavy atom. The zero-order valence-corrected chi connectivity index (χ0v) is 25.8. The molecule has 0 saturated carbocycles. The van der Waals surface area contributed by atoms with Gasteiger partial charge in [0.25, 0.3) is 0 Å². The summed E-state index contributed by atoms with van der Waals surface area (Å²) < 4.78 is 46.2. The lowest BCUT2D eigenvalue weighted by Gasteiger charge is -2.38. The summed E-state index contributed by atoms with van der Waals surface area (Å²) >= 11 is 0. The molecule has 0 radical (unpaired) electrons. The van der Waals surface area contributed by atoms with Crippen LogP contribution in [0.15, 0.2) is 18.5 Å². The van der Waals surface area contributed by atoms with Gasteiger partial charge in [-0.2, -0.15) is 18.3 Å². The molecule has 2 aliphatic rings. The Labute approximate surface area is 255 Å². The number of rotatable bonds is 11. The number of carbonyl (C=O) groups excluding carboxylic acids is 1. The van der Waals surface area contributed by atoms with Gasteiger partial charge in [-0.3, -0.25) is 5.10 Å². The predicted octanol–water partition coefficient (Wildman–Crippen LogP) is 4.51. The van der Waals surface area contributed by atoms with Crippen LogP contribution < -0.4 is 19.6 Å². The van der Waals surface area contributed by atoms with Crippen molar-refractivity contribution < 1.29 is 27.5 Å². The van der Waals surface area contributed by atoms with Crippen molar-refractivity contribution in [2.45, 2.75) is 53.1 Å². The van der Waals surface area contributed by atoms with Gasteiger partial charge in [-0.05, 0) is 50.8 Å². The number of nitrogens with one attached hydrogen (secondary N) is 1. The van der Waals surface area contributed by atoms with Crippen LogP contribution in [0.25, 0.3) is 11.0 Å². The normalized spacial score (nSPS) is 16.3. The van der Waals surface area contributed by atoms with Gasteiger partial charge in [0.2, 0.25) is 0 Å². The largest absolute Gasteiger partial charge is 0.493 e. The van der Waals surface area contributed by atoms with Crippen molar-refractivity contribution in [3.63, 3.8) is 0 Å². The van der Waals surface area contributed by atoms with Gasteiger partial charge >= 0.3 is 12.1 Å². The maximum atomic E-state index is 13.4. The highest BCUT2D eigenvalue weighted by Gasteiger charge is 2.43. The van der Waals surface area contributed by atoms with E-state index in [1.54, 1.807) is 6.07 Å². The molecule has 0 atom stereocenters. The summed E-state index contributed by atoms with van der Waals surface area (Å²) in [4.78, 5) is 32.5. The number of halogens is 3. The number of nitrogens with zero attached hydrogens (tertiary/aromatic N) is 7. The molecule has 44 heavy (non-hydrogen) atoms. The number of hydroxylamine groups is 1. The number of benzene rings is 1. The molecule has 2 aromatic heterocycles. The van der Waals surface area contributed by atoms with Gasteiger partial charge in [0, 0.05) is 56.2 Å². The summed E-state index contributed by atoms with van der Waals surface area (Å²) in [5.41, 5.74) is 3.52. The van der Waals surface area contributed by atoms with Gasteiger partial charge in [-0.1, -0.05) is 20.8 Å². The molecule has 2 fully saturated rings. The van der Waals surface area contributed by atoms with Crippen LogP contribution in [0.2, 0.25) is 0 Å². The summed E-state index contributed by atoms with van der Waals surface area (Å²) in [5, 5.41) is 9.39. The minimum absolute atomic E-state index is 0.0949. The lowest BCUT2D eigenvalue weighted by molar-refractivity contribution is -0.201. The standard InChI is InChI=1S/C30H41F3N8O3/c1-5-23-26-27(37-36-23)34-19-35-28(26)40-13-11-39(12-14-40)24-16-22(43-18-20(2)3)17-25(21(24)4)41(44-29(42)30(31,32)33)15-10-38-8-6-7-9-38/h16-17,19-20H,5-15,18H2,1-4H3,(H,34,35,36,37). The molecule has 0 unspecified atom stereocenters. The number of likely N-dealkylation sites (tertiary alicyclic amines) is 1. The van der Waals surface area contributed by atoms with Gasteiger partial charge in [0.15, 0.2) is 5.65 Å². The van der Waals surface area contributed by atoms with Crippen LogP contribution in [0.1, 0.15) is 44.9 Å². The number of piperazine rings is 1. The Kier molecular flexibility index (Phi) is 9.66. The first kappa shape index (κ1) is 31.6. The summed E-state index contributed by atoms with van der Waals surface area (Å²) in [7, 11) is 0. The number of carbonyl (C=O) groups is 1. The predicted molar refractivity (Wildman–Crippen MR) is 162 cm³/mol. The average Bonchev–Trinajstić information content (AvgIpc) is 3.68. The SMILES string of the molecule is CCc1[nH]nc2ncnc(N3CCN(c4cc(OCC(C)C)cc(N(CCN5CCCC5)OC(=O)C(F)(F)F)c4C)CC3)c12. The fourth-order valence-corrected chi connectivity index (χ4v) is 5.75. The zero-order chi connectivity index (χ0) is 31.4. The number of anilines is 3. The summed E-state index contributed by atoms with van der Waals surface area (Å²) in [6.45, 7) is 13.3. The molecule has 14 heteroatoms. The number of hydrogen-bond donors (Lipinski definition) is 1. The maximum Gasteiger partial charge on any atom is 0.493 e. The summed E-state index contributed by atoms with van der Waals surface area (Å²) in [5.74, 6) is -0.668. The first-order valence-electron chi connectivity index (χ1n) is 15.3. The van der Waals surface area contributed by atoms with E-state index in [0.717, 1.165) is 60.0 Å². The summed E-state index contributed by atoms with van der Waals surface area (Å²) in [6, 6.07) is 3.60. The number of hydrogen-bond acceptors (Lipinski definition) is 10. The lowest BCUT2D eigenvalue weighted by Crippen LogP contribution is -2.47. The van der Waals surface area contributed by atoms with Crippen LogP contribution in [-0.4, -0.2) is 96.2 Å². The Morgan fingerprint density at radius 1 is 1.07 bits per heavy atom. The second kappa shape index (κ2) is 13.4. The number of fused-ring (bicyclic) bond motifs is 1. The molecule has 11 nitrogen and oxygen atoms in total.